The normalized spacial score (nSPS) is 27.0. The molecule has 0 unspecified atom stereocenters. The Balaban J connectivity index is 2.14. The second-order valence-electron chi connectivity index (χ2n) is 5.46. The van der Waals surface area contributed by atoms with Gasteiger partial charge in [-0.05, 0) is 26.0 Å². The summed E-state index contributed by atoms with van der Waals surface area (Å²) >= 11 is 0. The maximum absolute atomic E-state index is 12.4. The summed E-state index contributed by atoms with van der Waals surface area (Å²) in [5.74, 6) is -0.412. The molecule has 1 aromatic rings. The molecular weight excluding hydrogens is 312 g/mol. The Morgan fingerprint density at radius 3 is 2.54 bits per heavy atom. The minimum Gasteiger partial charge on any atom is -0.453 e. The van der Waals surface area contributed by atoms with E-state index in [1.807, 2.05) is 19.9 Å². The number of methoxy groups -OCH3 is 1. The van der Waals surface area contributed by atoms with Gasteiger partial charge >= 0.3 is 5.97 Å². The van der Waals surface area contributed by atoms with Crippen LogP contribution in [0.5, 0.6) is 0 Å². The van der Waals surface area contributed by atoms with E-state index in [2.05, 4.69) is 0 Å². The first kappa shape index (κ1) is 18.9. The van der Waals surface area contributed by atoms with Crippen LogP contribution in [0, 0.1) is 0 Å². The summed E-state index contributed by atoms with van der Waals surface area (Å²) in [5, 5.41) is 0. The Morgan fingerprint density at radius 1 is 1.17 bits per heavy atom. The van der Waals surface area contributed by atoms with Crippen molar-refractivity contribution < 1.29 is 28.5 Å². The van der Waals surface area contributed by atoms with Gasteiger partial charge in [-0.25, -0.2) is 4.79 Å². The third-order valence-corrected chi connectivity index (χ3v) is 3.92. The van der Waals surface area contributed by atoms with E-state index in [4.69, 9.17) is 23.7 Å². The van der Waals surface area contributed by atoms with Crippen LogP contribution in [0.2, 0.25) is 0 Å². The summed E-state index contributed by atoms with van der Waals surface area (Å²) in [7, 11) is 1.59. The fourth-order valence-corrected chi connectivity index (χ4v) is 2.76. The predicted octanol–water partition coefficient (Wildman–Crippen LogP) is 2.07. The minimum absolute atomic E-state index is 0.286. The van der Waals surface area contributed by atoms with Crippen molar-refractivity contribution in [3.8, 4) is 0 Å². The number of esters is 1. The maximum Gasteiger partial charge on any atom is 0.338 e. The first-order chi connectivity index (χ1) is 11.7. The molecule has 0 radical (unpaired) electrons. The van der Waals surface area contributed by atoms with Gasteiger partial charge in [0.2, 0.25) is 0 Å². The molecule has 1 aliphatic heterocycles. The monoisotopic (exact) mass is 338 g/mol. The zero-order chi connectivity index (χ0) is 17.4. The molecule has 1 aliphatic rings. The summed E-state index contributed by atoms with van der Waals surface area (Å²) in [5.41, 5.74) is 0.487. The number of carbonyl (C=O) groups is 1. The fraction of sp³-hybridized carbons (Fsp3) is 0.611. The molecule has 6 heteroatoms. The summed E-state index contributed by atoms with van der Waals surface area (Å²) < 4.78 is 28.3. The number of ether oxygens (including phenoxy) is 5. The van der Waals surface area contributed by atoms with Crippen LogP contribution in [0.25, 0.3) is 0 Å². The Kier molecular flexibility index (Phi) is 7.65. The molecule has 1 saturated heterocycles. The first-order valence-electron chi connectivity index (χ1n) is 8.31. The number of carbonyl (C=O) groups excluding carboxylic acids is 1. The van der Waals surface area contributed by atoms with E-state index in [0.717, 1.165) is 0 Å². The van der Waals surface area contributed by atoms with Crippen molar-refractivity contribution in [3.05, 3.63) is 35.9 Å². The zero-order valence-corrected chi connectivity index (χ0v) is 14.5. The highest BCUT2D eigenvalue weighted by Crippen LogP contribution is 2.24. The topological polar surface area (TPSA) is 63.2 Å². The predicted molar refractivity (Wildman–Crippen MR) is 88.1 cm³/mol. The average Bonchev–Trinajstić information content (AvgIpc) is 2.62. The van der Waals surface area contributed by atoms with Crippen LogP contribution in [0.4, 0.5) is 0 Å². The van der Waals surface area contributed by atoms with Crippen LogP contribution in [0.3, 0.4) is 0 Å². The number of hydrogen-bond acceptors (Lipinski definition) is 6. The molecule has 0 spiro atoms. The molecule has 0 N–H and O–H groups in total. The molecule has 0 aromatic heterocycles. The van der Waals surface area contributed by atoms with Crippen LogP contribution in [0.15, 0.2) is 30.3 Å². The van der Waals surface area contributed by atoms with Crippen LogP contribution in [-0.4, -0.2) is 63.9 Å². The quantitative estimate of drug-likeness (QED) is 0.676. The molecule has 1 heterocycles. The lowest BCUT2D eigenvalue weighted by molar-refractivity contribution is -0.218. The molecule has 0 aliphatic carbocycles. The summed E-state index contributed by atoms with van der Waals surface area (Å²) in [6.07, 6.45) is -1.68. The third-order valence-electron chi connectivity index (χ3n) is 3.92. The van der Waals surface area contributed by atoms with E-state index >= 15 is 0 Å². The Labute approximate surface area is 143 Å². The fourth-order valence-electron chi connectivity index (χ4n) is 2.76. The van der Waals surface area contributed by atoms with Crippen LogP contribution >= 0.6 is 0 Å². The zero-order valence-electron chi connectivity index (χ0n) is 14.5. The van der Waals surface area contributed by atoms with Gasteiger partial charge in [-0.1, -0.05) is 18.2 Å². The SMILES string of the molecule is CCOC[C@H]1OC[C@H](OCC)[C@@H](OC)[C@@H]1OC(=O)c1ccccc1. The van der Waals surface area contributed by atoms with Crippen LogP contribution in [0.1, 0.15) is 24.2 Å². The largest absolute Gasteiger partial charge is 0.453 e. The standard InChI is InChI=1S/C18H26O6/c1-4-21-11-14-17(16(20-3)15(12-23-14)22-5-2)24-18(19)13-9-7-6-8-10-13/h6-10,14-17H,4-5,11-12H2,1-3H3/t14-,15+,16-,17-/m1/s1. The van der Waals surface area contributed by atoms with Crippen molar-refractivity contribution in [2.75, 3.05) is 33.5 Å². The third kappa shape index (κ3) is 4.77. The average molecular weight is 338 g/mol. The molecular formula is C18H26O6. The lowest BCUT2D eigenvalue weighted by atomic mass is 9.99. The van der Waals surface area contributed by atoms with Crippen LogP contribution < -0.4 is 0 Å². The highest BCUT2D eigenvalue weighted by atomic mass is 16.6. The van der Waals surface area contributed by atoms with Gasteiger partial charge in [0.05, 0.1) is 18.8 Å². The molecule has 24 heavy (non-hydrogen) atoms. The van der Waals surface area contributed by atoms with Crippen molar-refractivity contribution in [1.82, 2.24) is 0 Å². The summed E-state index contributed by atoms with van der Waals surface area (Å²) in [4.78, 5) is 12.4. The second-order valence-corrected chi connectivity index (χ2v) is 5.46. The Hall–Kier alpha value is -1.47. The van der Waals surface area contributed by atoms with E-state index in [1.165, 1.54) is 0 Å². The lowest BCUT2D eigenvalue weighted by Gasteiger charge is -2.40. The first-order valence-corrected chi connectivity index (χ1v) is 8.31. The van der Waals surface area contributed by atoms with Gasteiger partial charge in [-0.3, -0.25) is 0 Å². The molecule has 134 valence electrons. The van der Waals surface area contributed by atoms with Crippen molar-refractivity contribution in [1.29, 1.82) is 0 Å². The van der Waals surface area contributed by atoms with Gasteiger partial charge in [-0.2, -0.15) is 0 Å². The number of rotatable bonds is 8. The van der Waals surface area contributed by atoms with Gasteiger partial charge in [-0.15, -0.1) is 0 Å². The lowest BCUT2D eigenvalue weighted by Crippen LogP contribution is -2.57. The molecule has 0 bridgehead atoms. The van der Waals surface area contributed by atoms with Gasteiger partial charge in [0, 0.05) is 20.3 Å². The highest BCUT2D eigenvalue weighted by molar-refractivity contribution is 5.89. The number of hydrogen-bond donors (Lipinski definition) is 0. The van der Waals surface area contributed by atoms with E-state index in [-0.39, 0.29) is 12.2 Å². The molecule has 0 saturated carbocycles. The molecule has 6 nitrogen and oxygen atoms in total. The smallest absolute Gasteiger partial charge is 0.338 e. The maximum atomic E-state index is 12.4. The van der Waals surface area contributed by atoms with Gasteiger partial charge in [0.25, 0.3) is 0 Å². The van der Waals surface area contributed by atoms with Crippen molar-refractivity contribution in [3.63, 3.8) is 0 Å². The van der Waals surface area contributed by atoms with E-state index in [0.29, 0.717) is 32.0 Å². The van der Waals surface area contributed by atoms with Crippen molar-refractivity contribution in [2.45, 2.75) is 38.3 Å². The number of benzene rings is 1. The summed E-state index contributed by atoms with van der Waals surface area (Å²) in [6, 6.07) is 8.86. The van der Waals surface area contributed by atoms with Gasteiger partial charge < -0.3 is 23.7 Å². The summed E-state index contributed by atoms with van der Waals surface area (Å²) in [6.45, 7) is 5.62. The van der Waals surface area contributed by atoms with Crippen molar-refractivity contribution in [2.24, 2.45) is 0 Å². The Morgan fingerprint density at radius 2 is 1.92 bits per heavy atom. The highest BCUT2D eigenvalue weighted by Gasteiger charge is 2.44. The van der Waals surface area contributed by atoms with E-state index in [1.54, 1.807) is 31.4 Å². The second kappa shape index (κ2) is 9.74. The van der Waals surface area contributed by atoms with E-state index < -0.39 is 18.2 Å². The minimum atomic E-state index is -0.598. The van der Waals surface area contributed by atoms with E-state index in [9.17, 15) is 4.79 Å². The molecule has 2 rings (SSSR count). The van der Waals surface area contributed by atoms with Crippen molar-refractivity contribution >= 4 is 5.97 Å². The molecule has 4 atom stereocenters. The van der Waals surface area contributed by atoms with Crippen LogP contribution in [-0.2, 0) is 23.7 Å². The van der Waals surface area contributed by atoms with Gasteiger partial charge in [0.15, 0.2) is 6.10 Å². The van der Waals surface area contributed by atoms with Gasteiger partial charge in [0.1, 0.15) is 18.3 Å². The Bertz CT molecular complexity index is 492. The molecule has 1 aromatic carbocycles. The molecule has 1 fully saturated rings. The molecule has 0 amide bonds.